The lowest BCUT2D eigenvalue weighted by Gasteiger charge is -2.21. The molecule has 0 bridgehead atoms. The van der Waals surface area contributed by atoms with Gasteiger partial charge < -0.3 is 33.8 Å². The van der Waals surface area contributed by atoms with E-state index >= 15 is 0 Å². The molecule has 0 spiro atoms. The summed E-state index contributed by atoms with van der Waals surface area (Å²) < 4.78 is 68.8. The first kappa shape index (κ1) is 99.1. The molecule has 101 heavy (non-hydrogen) atoms. The van der Waals surface area contributed by atoms with Gasteiger partial charge in [-0.1, -0.05) is 370 Å². The Kier molecular flexibility index (Phi) is 69.6. The summed E-state index contributed by atoms with van der Waals surface area (Å²) >= 11 is 0. The molecule has 0 rings (SSSR count). The zero-order valence-corrected chi connectivity index (χ0v) is 68.3. The van der Waals surface area contributed by atoms with Crippen molar-refractivity contribution >= 4 is 39.5 Å². The molecule has 0 aromatic rings. The number of esters is 4. The molecule has 0 radical (unpaired) electrons. The smallest absolute Gasteiger partial charge is 0.462 e. The molecule has 19 heteroatoms. The van der Waals surface area contributed by atoms with Crippen molar-refractivity contribution in [1.82, 2.24) is 0 Å². The number of aliphatic hydroxyl groups is 1. The van der Waals surface area contributed by atoms with Gasteiger partial charge in [-0.2, -0.15) is 0 Å². The van der Waals surface area contributed by atoms with Crippen LogP contribution in [0.5, 0.6) is 0 Å². The summed E-state index contributed by atoms with van der Waals surface area (Å²) in [5, 5.41) is 10.7. The Hall–Kier alpha value is -1.94. The number of hydrogen-bond donors (Lipinski definition) is 3. The van der Waals surface area contributed by atoms with Crippen LogP contribution in [0.15, 0.2) is 0 Å². The molecule has 2 unspecified atom stereocenters. The molecule has 0 aliphatic heterocycles. The molecular formula is C82H160O17P2. The maximum absolute atomic E-state index is 13.1. The Morgan fingerprint density at radius 2 is 0.416 bits per heavy atom. The summed E-state index contributed by atoms with van der Waals surface area (Å²) in [6.45, 7) is 14.3. The van der Waals surface area contributed by atoms with Crippen LogP contribution in [0.1, 0.15) is 421 Å². The lowest BCUT2D eigenvalue weighted by atomic mass is 10.0. The first-order valence-electron chi connectivity index (χ1n) is 42.2. The summed E-state index contributed by atoms with van der Waals surface area (Å²) in [7, 11) is -9.93. The van der Waals surface area contributed by atoms with Crippen molar-refractivity contribution in [3.8, 4) is 0 Å². The summed E-state index contributed by atoms with van der Waals surface area (Å²) in [6.07, 6.45) is 58.2. The predicted octanol–water partition coefficient (Wildman–Crippen LogP) is 24.4. The number of hydrogen-bond acceptors (Lipinski definition) is 15. The Morgan fingerprint density at radius 1 is 0.248 bits per heavy atom. The van der Waals surface area contributed by atoms with E-state index in [1.807, 2.05) is 0 Å². The summed E-state index contributed by atoms with van der Waals surface area (Å²) in [4.78, 5) is 73.1. The number of phosphoric ester groups is 2. The summed E-state index contributed by atoms with van der Waals surface area (Å²) in [5.41, 5.74) is 0. The molecule has 0 aliphatic carbocycles. The van der Waals surface area contributed by atoms with Gasteiger partial charge in [-0.15, -0.1) is 0 Å². The highest BCUT2D eigenvalue weighted by Crippen LogP contribution is 2.45. The highest BCUT2D eigenvalue weighted by Gasteiger charge is 2.30. The number of carbonyl (C=O) groups is 4. The maximum atomic E-state index is 13.1. The van der Waals surface area contributed by atoms with Crippen LogP contribution in [0.4, 0.5) is 0 Å². The fourth-order valence-electron chi connectivity index (χ4n) is 12.6. The molecule has 0 saturated carbocycles. The molecule has 5 atom stereocenters. The largest absolute Gasteiger partial charge is 0.472 e. The first-order chi connectivity index (χ1) is 48.6. The third-order valence-electron chi connectivity index (χ3n) is 19.1. The van der Waals surface area contributed by atoms with Crippen LogP contribution in [-0.2, 0) is 65.4 Å². The van der Waals surface area contributed by atoms with E-state index in [0.29, 0.717) is 25.7 Å². The SMILES string of the molecule is CC(C)CCCCCCCCCCCCCCCCC(=O)O[C@H](COC(=O)CCCCCCCCCCCCCCCC(C)C)COP(=O)(O)OC[C@@H](O)COP(=O)(O)OC[C@@H](COC(=O)CCCCCCCCCCCC(C)C)OC(=O)CCCCCCCCCCCCCCCC(C)C. The van der Waals surface area contributed by atoms with Gasteiger partial charge in [-0.05, 0) is 49.4 Å². The van der Waals surface area contributed by atoms with E-state index in [0.717, 1.165) is 114 Å². The van der Waals surface area contributed by atoms with Gasteiger partial charge in [0, 0.05) is 25.7 Å². The summed E-state index contributed by atoms with van der Waals surface area (Å²) in [6, 6.07) is 0. The van der Waals surface area contributed by atoms with Gasteiger partial charge in [0.15, 0.2) is 12.2 Å². The van der Waals surface area contributed by atoms with Crippen molar-refractivity contribution in [2.24, 2.45) is 23.7 Å². The van der Waals surface area contributed by atoms with Gasteiger partial charge in [0.1, 0.15) is 19.3 Å². The van der Waals surface area contributed by atoms with Gasteiger partial charge in [0.2, 0.25) is 0 Å². The molecule has 0 fully saturated rings. The Morgan fingerprint density at radius 3 is 0.614 bits per heavy atom. The van der Waals surface area contributed by atoms with Crippen molar-refractivity contribution < 1.29 is 80.2 Å². The molecule has 0 aliphatic rings. The quantitative estimate of drug-likeness (QED) is 0.0222. The lowest BCUT2D eigenvalue weighted by molar-refractivity contribution is -0.161. The van der Waals surface area contributed by atoms with Gasteiger partial charge >= 0.3 is 39.5 Å². The number of rotatable bonds is 79. The predicted molar refractivity (Wildman–Crippen MR) is 414 cm³/mol. The molecule has 17 nitrogen and oxygen atoms in total. The molecule has 0 amide bonds. The highest BCUT2D eigenvalue weighted by atomic mass is 31.2. The van der Waals surface area contributed by atoms with E-state index < -0.39 is 97.5 Å². The number of ether oxygens (including phenoxy) is 4. The van der Waals surface area contributed by atoms with Crippen molar-refractivity contribution in [3.05, 3.63) is 0 Å². The van der Waals surface area contributed by atoms with Crippen LogP contribution in [0.2, 0.25) is 0 Å². The van der Waals surface area contributed by atoms with E-state index in [-0.39, 0.29) is 25.7 Å². The maximum Gasteiger partial charge on any atom is 0.472 e. The normalized spacial score (nSPS) is 14.0. The van der Waals surface area contributed by atoms with Crippen LogP contribution in [-0.4, -0.2) is 96.7 Å². The first-order valence-corrected chi connectivity index (χ1v) is 45.2. The Balaban J connectivity index is 5.27. The summed E-state index contributed by atoms with van der Waals surface area (Å²) in [5.74, 6) is 1.01. The van der Waals surface area contributed by atoms with Gasteiger partial charge in [0.05, 0.1) is 26.4 Å². The highest BCUT2D eigenvalue weighted by molar-refractivity contribution is 7.47. The molecule has 0 saturated heterocycles. The third kappa shape index (κ3) is 76.1. The van der Waals surface area contributed by atoms with E-state index in [1.165, 1.54) is 225 Å². The third-order valence-corrected chi connectivity index (χ3v) is 21.0. The molecule has 0 aromatic carbocycles. The van der Waals surface area contributed by atoms with Crippen molar-refractivity contribution in [1.29, 1.82) is 0 Å². The molecule has 0 aromatic heterocycles. The number of phosphoric acid groups is 2. The molecule has 600 valence electrons. The standard InChI is InChI=1S/C82H160O17P2/c1-72(2)58-50-42-34-26-19-13-9-10-16-23-31-40-48-56-64-81(86)98-77(68-92-79(84)62-54-46-38-30-22-17-11-14-20-27-35-43-51-59-73(3)4)70-96-100(88,89)94-66-76(83)67-95-101(90,91)97-71-78(69-93-80(85)63-55-47-39-33-25-29-37-45-53-61-75(7)8)99-82(87)65-57-49-41-32-24-18-12-15-21-28-36-44-52-60-74(5)6/h72-78,83H,9-71H2,1-8H3,(H,88,89)(H,90,91)/t76-,77-,78-/m1/s1. The van der Waals surface area contributed by atoms with Gasteiger partial charge in [0.25, 0.3) is 0 Å². The second-order valence-electron chi connectivity index (χ2n) is 31.4. The Bertz CT molecular complexity index is 1970. The second kappa shape index (κ2) is 71.0. The number of unbranched alkanes of at least 4 members (excludes halogenated alkanes) is 45. The lowest BCUT2D eigenvalue weighted by Crippen LogP contribution is -2.30. The zero-order chi connectivity index (χ0) is 74.6. The zero-order valence-electron chi connectivity index (χ0n) is 66.5. The van der Waals surface area contributed by atoms with Crippen molar-refractivity contribution in [2.45, 2.75) is 440 Å². The number of carbonyl (C=O) groups excluding carboxylic acids is 4. The van der Waals surface area contributed by atoms with E-state index in [4.69, 9.17) is 37.0 Å². The molecule has 3 N–H and O–H groups in total. The molecule has 0 heterocycles. The Labute approximate surface area is 619 Å². The minimum Gasteiger partial charge on any atom is -0.462 e. The van der Waals surface area contributed by atoms with Crippen LogP contribution >= 0.6 is 15.6 Å². The minimum atomic E-state index is -4.96. The van der Waals surface area contributed by atoms with E-state index in [2.05, 4.69) is 55.4 Å². The fraction of sp³-hybridized carbons (Fsp3) is 0.951. The van der Waals surface area contributed by atoms with Gasteiger partial charge in [-0.25, -0.2) is 9.13 Å². The average Bonchev–Trinajstić information content (AvgIpc) is 0.956. The van der Waals surface area contributed by atoms with E-state index in [1.54, 1.807) is 0 Å². The van der Waals surface area contributed by atoms with E-state index in [9.17, 15) is 43.2 Å². The topological polar surface area (TPSA) is 237 Å². The van der Waals surface area contributed by atoms with Crippen LogP contribution in [0.25, 0.3) is 0 Å². The van der Waals surface area contributed by atoms with Gasteiger partial charge in [-0.3, -0.25) is 37.3 Å². The number of aliphatic hydroxyl groups excluding tert-OH is 1. The monoisotopic (exact) mass is 1480 g/mol. The molecular weight excluding hydrogens is 1320 g/mol. The van der Waals surface area contributed by atoms with Crippen LogP contribution < -0.4 is 0 Å². The van der Waals surface area contributed by atoms with Crippen LogP contribution in [0, 0.1) is 23.7 Å². The van der Waals surface area contributed by atoms with Crippen molar-refractivity contribution in [3.63, 3.8) is 0 Å². The van der Waals surface area contributed by atoms with Crippen LogP contribution in [0.3, 0.4) is 0 Å². The van der Waals surface area contributed by atoms with Crippen molar-refractivity contribution in [2.75, 3.05) is 39.6 Å². The average molecular weight is 1480 g/mol. The minimum absolute atomic E-state index is 0.107. The second-order valence-corrected chi connectivity index (χ2v) is 34.3. The fourth-order valence-corrected chi connectivity index (χ4v) is 14.2.